The Bertz CT molecular complexity index is 376. The Morgan fingerprint density at radius 2 is 2.06 bits per heavy atom. The lowest BCUT2D eigenvalue weighted by molar-refractivity contribution is 0.314. The zero-order valence-corrected chi connectivity index (χ0v) is 10.4. The monoisotopic (exact) mass is 237 g/mol. The van der Waals surface area contributed by atoms with Gasteiger partial charge in [-0.25, -0.2) is 0 Å². The van der Waals surface area contributed by atoms with Crippen LogP contribution in [0.25, 0.3) is 0 Å². The quantitative estimate of drug-likeness (QED) is 0.352. The molecule has 0 amide bonds. The number of hydrogen-bond donors (Lipinski definition) is 2. The number of oxime groups is 1. The first-order chi connectivity index (χ1) is 8.08. The first-order valence-corrected chi connectivity index (χ1v) is 5.41. The SMILES string of the molecule is COc1ccc(N(C)CC(C)C(N)=NO)cc1. The number of anilines is 1. The number of rotatable bonds is 5. The summed E-state index contributed by atoms with van der Waals surface area (Å²) in [4.78, 5) is 2.04. The van der Waals surface area contributed by atoms with Crippen LogP contribution in [-0.4, -0.2) is 31.7 Å². The van der Waals surface area contributed by atoms with E-state index in [1.165, 1.54) is 0 Å². The molecule has 1 aromatic rings. The van der Waals surface area contributed by atoms with Gasteiger partial charge in [-0.3, -0.25) is 0 Å². The maximum Gasteiger partial charge on any atom is 0.143 e. The third-order valence-electron chi connectivity index (χ3n) is 2.68. The Hall–Kier alpha value is -1.91. The second-order valence-electron chi connectivity index (χ2n) is 4.00. The molecule has 0 saturated carbocycles. The third-order valence-corrected chi connectivity index (χ3v) is 2.68. The molecule has 0 aromatic heterocycles. The lowest BCUT2D eigenvalue weighted by Crippen LogP contribution is -2.32. The zero-order chi connectivity index (χ0) is 12.8. The minimum Gasteiger partial charge on any atom is -0.497 e. The number of methoxy groups -OCH3 is 1. The van der Waals surface area contributed by atoms with Crippen molar-refractivity contribution in [3.63, 3.8) is 0 Å². The summed E-state index contributed by atoms with van der Waals surface area (Å²) >= 11 is 0. The zero-order valence-electron chi connectivity index (χ0n) is 10.4. The van der Waals surface area contributed by atoms with Crippen molar-refractivity contribution in [1.82, 2.24) is 0 Å². The van der Waals surface area contributed by atoms with Crippen LogP contribution in [0, 0.1) is 5.92 Å². The van der Waals surface area contributed by atoms with E-state index >= 15 is 0 Å². The molecule has 0 spiro atoms. The van der Waals surface area contributed by atoms with E-state index in [9.17, 15) is 0 Å². The number of nitrogens with zero attached hydrogens (tertiary/aromatic N) is 2. The Morgan fingerprint density at radius 1 is 1.47 bits per heavy atom. The van der Waals surface area contributed by atoms with Crippen LogP contribution in [0.4, 0.5) is 5.69 Å². The topological polar surface area (TPSA) is 71.1 Å². The number of nitrogens with two attached hydrogens (primary N) is 1. The van der Waals surface area contributed by atoms with Gasteiger partial charge < -0.3 is 20.6 Å². The van der Waals surface area contributed by atoms with E-state index in [4.69, 9.17) is 15.7 Å². The van der Waals surface area contributed by atoms with Crippen molar-refractivity contribution >= 4 is 11.5 Å². The van der Waals surface area contributed by atoms with Gasteiger partial charge in [-0.15, -0.1) is 0 Å². The molecule has 17 heavy (non-hydrogen) atoms. The Morgan fingerprint density at radius 3 is 2.53 bits per heavy atom. The van der Waals surface area contributed by atoms with E-state index in [0.29, 0.717) is 6.54 Å². The molecule has 5 heteroatoms. The van der Waals surface area contributed by atoms with Gasteiger partial charge in [0, 0.05) is 25.2 Å². The van der Waals surface area contributed by atoms with Crippen molar-refractivity contribution in [2.75, 3.05) is 25.6 Å². The van der Waals surface area contributed by atoms with Crippen LogP contribution < -0.4 is 15.4 Å². The molecule has 0 aliphatic carbocycles. The molecule has 94 valence electrons. The van der Waals surface area contributed by atoms with Gasteiger partial charge in [0.05, 0.1) is 7.11 Å². The molecular formula is C12H19N3O2. The van der Waals surface area contributed by atoms with Crippen molar-refractivity contribution in [1.29, 1.82) is 0 Å². The summed E-state index contributed by atoms with van der Waals surface area (Å²) in [7, 11) is 3.60. The van der Waals surface area contributed by atoms with E-state index in [1.807, 2.05) is 43.1 Å². The first-order valence-electron chi connectivity index (χ1n) is 5.41. The van der Waals surface area contributed by atoms with E-state index in [1.54, 1.807) is 7.11 Å². The van der Waals surface area contributed by atoms with E-state index in [-0.39, 0.29) is 11.8 Å². The highest BCUT2D eigenvalue weighted by molar-refractivity contribution is 5.82. The van der Waals surface area contributed by atoms with Crippen molar-refractivity contribution in [2.45, 2.75) is 6.92 Å². The van der Waals surface area contributed by atoms with Crippen LogP contribution >= 0.6 is 0 Å². The Kier molecular flexibility index (Phi) is 4.63. The largest absolute Gasteiger partial charge is 0.497 e. The predicted octanol–water partition coefficient (Wildman–Crippen LogP) is 1.51. The van der Waals surface area contributed by atoms with Crippen molar-refractivity contribution in [3.05, 3.63) is 24.3 Å². The standard InChI is InChI=1S/C12H19N3O2/c1-9(12(13)14-16)8-15(2)10-4-6-11(17-3)7-5-10/h4-7,9,16H,8H2,1-3H3,(H2,13,14). The molecular weight excluding hydrogens is 218 g/mol. The van der Waals surface area contributed by atoms with Crippen molar-refractivity contribution < 1.29 is 9.94 Å². The minimum absolute atomic E-state index is 0.00731. The highest BCUT2D eigenvalue weighted by atomic mass is 16.5. The fourth-order valence-corrected chi connectivity index (χ4v) is 1.54. The molecule has 0 heterocycles. The lowest BCUT2D eigenvalue weighted by atomic mass is 10.1. The van der Waals surface area contributed by atoms with Crippen LogP contribution in [-0.2, 0) is 0 Å². The fraction of sp³-hybridized carbons (Fsp3) is 0.417. The van der Waals surface area contributed by atoms with E-state index < -0.39 is 0 Å². The summed E-state index contributed by atoms with van der Waals surface area (Å²) in [5, 5.41) is 11.6. The molecule has 1 atom stereocenters. The number of benzene rings is 1. The van der Waals surface area contributed by atoms with Crippen molar-refractivity contribution in [2.24, 2.45) is 16.8 Å². The van der Waals surface area contributed by atoms with Crippen LogP contribution in [0.3, 0.4) is 0 Å². The summed E-state index contributed by atoms with van der Waals surface area (Å²) in [5.74, 6) is 1.06. The molecule has 0 saturated heterocycles. The maximum atomic E-state index is 8.58. The highest BCUT2D eigenvalue weighted by Gasteiger charge is 2.11. The molecule has 0 radical (unpaired) electrons. The summed E-state index contributed by atoms with van der Waals surface area (Å²) in [6.45, 7) is 2.59. The second-order valence-corrected chi connectivity index (χ2v) is 4.00. The molecule has 0 bridgehead atoms. The first kappa shape index (κ1) is 13.2. The Balaban J connectivity index is 2.66. The van der Waals surface area contributed by atoms with Gasteiger partial charge in [0.1, 0.15) is 11.6 Å². The fourth-order valence-electron chi connectivity index (χ4n) is 1.54. The maximum absolute atomic E-state index is 8.58. The molecule has 5 nitrogen and oxygen atoms in total. The summed E-state index contributed by atoms with van der Waals surface area (Å²) in [5.41, 5.74) is 6.60. The van der Waals surface area contributed by atoms with Gasteiger partial charge in [-0.2, -0.15) is 0 Å². The summed E-state index contributed by atoms with van der Waals surface area (Å²) < 4.78 is 5.09. The minimum atomic E-state index is -0.00731. The number of ether oxygens (including phenoxy) is 1. The molecule has 0 aliphatic rings. The third kappa shape index (κ3) is 3.55. The van der Waals surface area contributed by atoms with Crippen LogP contribution in [0.2, 0.25) is 0 Å². The lowest BCUT2D eigenvalue weighted by Gasteiger charge is -2.22. The molecule has 3 N–H and O–H groups in total. The molecule has 0 aliphatic heterocycles. The summed E-state index contributed by atoms with van der Waals surface area (Å²) in [6, 6.07) is 7.75. The normalized spacial score (nSPS) is 13.2. The molecule has 1 unspecified atom stereocenters. The van der Waals surface area contributed by atoms with Crippen LogP contribution in [0.1, 0.15) is 6.92 Å². The van der Waals surface area contributed by atoms with E-state index in [0.717, 1.165) is 11.4 Å². The van der Waals surface area contributed by atoms with Crippen LogP contribution in [0.15, 0.2) is 29.4 Å². The van der Waals surface area contributed by atoms with Gasteiger partial charge in [0.25, 0.3) is 0 Å². The average molecular weight is 237 g/mol. The molecule has 1 rings (SSSR count). The van der Waals surface area contributed by atoms with Gasteiger partial charge in [0.2, 0.25) is 0 Å². The van der Waals surface area contributed by atoms with E-state index in [2.05, 4.69) is 5.16 Å². The number of hydrogen-bond acceptors (Lipinski definition) is 4. The van der Waals surface area contributed by atoms with Crippen LogP contribution in [0.5, 0.6) is 5.75 Å². The highest BCUT2D eigenvalue weighted by Crippen LogP contribution is 2.18. The van der Waals surface area contributed by atoms with Gasteiger partial charge in [-0.05, 0) is 24.3 Å². The summed E-state index contributed by atoms with van der Waals surface area (Å²) in [6.07, 6.45) is 0. The van der Waals surface area contributed by atoms with Gasteiger partial charge in [0.15, 0.2) is 0 Å². The smallest absolute Gasteiger partial charge is 0.143 e. The second kappa shape index (κ2) is 5.98. The molecule has 0 fully saturated rings. The van der Waals surface area contributed by atoms with Crippen molar-refractivity contribution in [3.8, 4) is 5.75 Å². The van der Waals surface area contributed by atoms with Gasteiger partial charge >= 0.3 is 0 Å². The molecule has 1 aromatic carbocycles. The van der Waals surface area contributed by atoms with Gasteiger partial charge in [-0.1, -0.05) is 12.1 Å². The average Bonchev–Trinajstić information content (AvgIpc) is 2.37. The number of amidine groups is 1. The predicted molar refractivity (Wildman–Crippen MR) is 68.8 cm³/mol. The Labute approximate surface area is 101 Å².